The Kier molecular flexibility index (Phi) is 6.69. The average molecular weight is 368 g/mol. The van der Waals surface area contributed by atoms with Crippen LogP contribution in [0.4, 0.5) is 5.69 Å². The summed E-state index contributed by atoms with van der Waals surface area (Å²) in [7, 11) is 0. The van der Waals surface area contributed by atoms with Gasteiger partial charge >= 0.3 is 0 Å². The van der Waals surface area contributed by atoms with E-state index in [-0.39, 0.29) is 12.5 Å². The number of rotatable bonds is 9. The molecule has 0 unspecified atom stereocenters. The molecule has 2 aromatic rings. The van der Waals surface area contributed by atoms with E-state index in [9.17, 15) is 10.1 Å². The first-order chi connectivity index (χ1) is 13.2. The summed E-state index contributed by atoms with van der Waals surface area (Å²) in [6, 6.07) is 7.80. The molecule has 0 atom stereocenters. The summed E-state index contributed by atoms with van der Waals surface area (Å²) in [6.45, 7) is 2.80. The minimum Gasteiger partial charge on any atom is -0.396 e. The molecule has 1 saturated carbocycles. The van der Waals surface area contributed by atoms with Crippen LogP contribution in [0.25, 0.3) is 10.9 Å². The Bertz CT molecular complexity index is 802. The van der Waals surface area contributed by atoms with Crippen LogP contribution < -0.4 is 9.74 Å². The first kappa shape index (κ1) is 19.2. The van der Waals surface area contributed by atoms with Crippen molar-refractivity contribution in [2.75, 3.05) is 18.1 Å². The zero-order chi connectivity index (χ0) is 19.1. The number of carbonyl (C=O) groups is 1. The molecule has 6 nitrogen and oxygen atoms in total. The Hall–Kier alpha value is -2.55. The third kappa shape index (κ3) is 4.79. The lowest BCUT2D eigenvalue weighted by Gasteiger charge is -2.21. The molecule has 144 valence electrons. The maximum absolute atomic E-state index is 12.7. The number of hydrogen-bond donors (Lipinski definition) is 0. The monoisotopic (exact) mass is 368 g/mol. The van der Waals surface area contributed by atoms with E-state index in [0.29, 0.717) is 18.9 Å². The quantitative estimate of drug-likeness (QED) is 0.494. The third-order valence-electron chi connectivity index (χ3n) is 5.31. The minimum absolute atomic E-state index is 0.0226. The molecule has 1 aliphatic rings. The molecular weight excluding hydrogens is 340 g/mol. The van der Waals surface area contributed by atoms with Crippen molar-refractivity contribution in [3.05, 3.63) is 24.4 Å². The van der Waals surface area contributed by atoms with Gasteiger partial charge in [0.2, 0.25) is 5.91 Å². The van der Waals surface area contributed by atoms with Crippen molar-refractivity contribution in [1.82, 2.24) is 9.94 Å². The molecular formula is C21H28N4O2. The molecule has 1 aromatic carbocycles. The predicted octanol–water partition coefficient (Wildman–Crippen LogP) is 4.09. The Balaban J connectivity index is 1.71. The first-order valence-corrected chi connectivity index (χ1v) is 10.0. The van der Waals surface area contributed by atoms with Gasteiger partial charge in [0.1, 0.15) is 18.7 Å². The fraction of sp³-hybridized carbons (Fsp3) is 0.571. The normalized spacial score (nSPS) is 14.4. The highest BCUT2D eigenvalue weighted by atomic mass is 16.7. The van der Waals surface area contributed by atoms with Crippen LogP contribution >= 0.6 is 0 Å². The van der Waals surface area contributed by atoms with Crippen LogP contribution in [-0.4, -0.2) is 29.0 Å². The highest BCUT2D eigenvalue weighted by molar-refractivity contribution is 5.96. The van der Waals surface area contributed by atoms with Gasteiger partial charge in [-0.3, -0.25) is 9.69 Å². The average Bonchev–Trinajstić information content (AvgIpc) is 3.34. The van der Waals surface area contributed by atoms with E-state index in [4.69, 9.17) is 4.84 Å². The standard InChI is InChI=1S/C21H28N4O2/c1-2-3-14-27-25-20-10-9-19(15-18(20)16-23-25)24(13-12-22)21(26)11-8-17-6-4-5-7-17/h9-10,15-17H,2-8,11,13-14H2,1H3. The SMILES string of the molecule is CCCCOn1ncc2cc(N(CC#N)C(=O)CCC3CCCC3)ccc21. The van der Waals surface area contributed by atoms with Gasteiger partial charge in [0.15, 0.2) is 0 Å². The molecule has 0 aliphatic heterocycles. The molecule has 27 heavy (non-hydrogen) atoms. The molecule has 0 radical (unpaired) electrons. The van der Waals surface area contributed by atoms with Crippen LogP contribution in [0, 0.1) is 17.2 Å². The molecule has 1 heterocycles. The molecule has 1 aromatic heterocycles. The third-order valence-corrected chi connectivity index (χ3v) is 5.31. The summed E-state index contributed by atoms with van der Waals surface area (Å²) in [5, 5.41) is 14.4. The first-order valence-electron chi connectivity index (χ1n) is 10.0. The van der Waals surface area contributed by atoms with Gasteiger partial charge in [-0.1, -0.05) is 43.9 Å². The lowest BCUT2D eigenvalue weighted by atomic mass is 10.0. The fourth-order valence-electron chi connectivity index (χ4n) is 3.72. The number of unbranched alkanes of at least 4 members (excludes halogenated alkanes) is 1. The largest absolute Gasteiger partial charge is 0.396 e. The lowest BCUT2D eigenvalue weighted by Crippen LogP contribution is -2.31. The lowest BCUT2D eigenvalue weighted by molar-refractivity contribution is -0.118. The molecule has 0 N–H and O–H groups in total. The van der Waals surface area contributed by atoms with Gasteiger partial charge < -0.3 is 4.84 Å². The van der Waals surface area contributed by atoms with Crippen molar-refractivity contribution in [1.29, 1.82) is 5.26 Å². The number of aromatic nitrogens is 2. The van der Waals surface area contributed by atoms with E-state index in [1.165, 1.54) is 30.5 Å². The Morgan fingerprint density at radius 3 is 2.96 bits per heavy atom. The summed E-state index contributed by atoms with van der Waals surface area (Å²) >= 11 is 0. The van der Waals surface area contributed by atoms with E-state index in [1.54, 1.807) is 11.1 Å². The maximum Gasteiger partial charge on any atom is 0.227 e. The molecule has 6 heteroatoms. The number of hydrogen-bond acceptors (Lipinski definition) is 4. The molecule has 1 fully saturated rings. The summed E-state index contributed by atoms with van der Waals surface area (Å²) in [6.07, 6.45) is 10.2. The number of anilines is 1. The number of amides is 1. The van der Waals surface area contributed by atoms with Crippen molar-refractivity contribution in [3.8, 4) is 6.07 Å². The number of nitriles is 1. The molecule has 0 spiro atoms. The topological polar surface area (TPSA) is 71.2 Å². The van der Waals surface area contributed by atoms with Crippen LogP contribution in [-0.2, 0) is 4.79 Å². The maximum atomic E-state index is 12.7. The van der Waals surface area contributed by atoms with Crippen LogP contribution in [0.2, 0.25) is 0 Å². The molecule has 1 amide bonds. The van der Waals surface area contributed by atoms with Crippen molar-refractivity contribution in [2.24, 2.45) is 5.92 Å². The van der Waals surface area contributed by atoms with Gasteiger partial charge in [0.25, 0.3) is 0 Å². The predicted molar refractivity (Wildman–Crippen MR) is 105 cm³/mol. The van der Waals surface area contributed by atoms with Gasteiger partial charge in [0, 0.05) is 17.5 Å². The van der Waals surface area contributed by atoms with Crippen LogP contribution in [0.1, 0.15) is 58.3 Å². The fourth-order valence-corrected chi connectivity index (χ4v) is 3.72. The number of nitrogens with zero attached hydrogens (tertiary/aromatic N) is 4. The van der Waals surface area contributed by atoms with E-state index >= 15 is 0 Å². The van der Waals surface area contributed by atoms with Crippen molar-refractivity contribution < 1.29 is 9.63 Å². The van der Waals surface area contributed by atoms with Gasteiger partial charge in [-0.15, -0.1) is 5.10 Å². The van der Waals surface area contributed by atoms with Gasteiger partial charge in [-0.25, -0.2) is 0 Å². The second-order valence-electron chi connectivity index (χ2n) is 7.27. The summed E-state index contributed by atoms with van der Waals surface area (Å²) < 4.78 is 0. The van der Waals surface area contributed by atoms with Crippen molar-refractivity contribution in [2.45, 2.75) is 58.3 Å². The zero-order valence-electron chi connectivity index (χ0n) is 16.1. The molecule has 1 aliphatic carbocycles. The smallest absolute Gasteiger partial charge is 0.227 e. The van der Waals surface area contributed by atoms with Crippen LogP contribution in [0.3, 0.4) is 0 Å². The van der Waals surface area contributed by atoms with E-state index in [0.717, 1.165) is 35.9 Å². The zero-order valence-corrected chi connectivity index (χ0v) is 16.1. The molecule has 0 saturated heterocycles. The summed E-state index contributed by atoms with van der Waals surface area (Å²) in [5.41, 5.74) is 1.61. The van der Waals surface area contributed by atoms with Gasteiger partial charge in [-0.05, 0) is 37.0 Å². The van der Waals surface area contributed by atoms with E-state index in [2.05, 4.69) is 18.1 Å². The second kappa shape index (κ2) is 9.40. The van der Waals surface area contributed by atoms with Crippen LogP contribution in [0.5, 0.6) is 0 Å². The number of carbonyl (C=O) groups excluding carboxylic acids is 1. The second-order valence-corrected chi connectivity index (χ2v) is 7.27. The Labute approximate surface area is 160 Å². The minimum atomic E-state index is 0.0226. The summed E-state index contributed by atoms with van der Waals surface area (Å²) in [5.74, 6) is 0.688. The molecule has 0 bridgehead atoms. The van der Waals surface area contributed by atoms with E-state index < -0.39 is 0 Å². The Morgan fingerprint density at radius 1 is 1.41 bits per heavy atom. The van der Waals surface area contributed by atoms with Crippen molar-refractivity contribution in [3.63, 3.8) is 0 Å². The Morgan fingerprint density at radius 2 is 2.22 bits per heavy atom. The highest BCUT2D eigenvalue weighted by Crippen LogP contribution is 2.29. The number of fused-ring (bicyclic) bond motifs is 1. The van der Waals surface area contributed by atoms with Crippen LogP contribution in [0.15, 0.2) is 24.4 Å². The van der Waals surface area contributed by atoms with Gasteiger partial charge in [-0.2, -0.15) is 5.26 Å². The van der Waals surface area contributed by atoms with E-state index in [1.807, 2.05) is 18.2 Å². The number of benzene rings is 1. The highest BCUT2D eigenvalue weighted by Gasteiger charge is 2.20. The van der Waals surface area contributed by atoms with Crippen molar-refractivity contribution >= 4 is 22.5 Å². The molecule has 3 rings (SSSR count). The van der Waals surface area contributed by atoms with Gasteiger partial charge in [0.05, 0.1) is 12.3 Å². The summed E-state index contributed by atoms with van der Waals surface area (Å²) in [4.78, 5) is 21.5.